The van der Waals surface area contributed by atoms with Crippen LogP contribution in [0, 0.1) is 0 Å². The van der Waals surface area contributed by atoms with E-state index in [9.17, 15) is 18.0 Å². The van der Waals surface area contributed by atoms with Crippen LogP contribution in [0.4, 0.5) is 10.5 Å². The second kappa shape index (κ2) is 5.29. The summed E-state index contributed by atoms with van der Waals surface area (Å²) >= 11 is 0. The quantitative estimate of drug-likeness (QED) is 0.732. The van der Waals surface area contributed by atoms with Crippen LogP contribution in [-0.2, 0) is 9.84 Å². The Kier molecular flexibility index (Phi) is 3.70. The highest BCUT2D eigenvalue weighted by Gasteiger charge is 2.23. The summed E-state index contributed by atoms with van der Waals surface area (Å²) in [5.74, 6) is -1.48. The van der Waals surface area contributed by atoms with Crippen molar-refractivity contribution in [3.8, 4) is 0 Å². The van der Waals surface area contributed by atoms with Gasteiger partial charge >= 0.3 is 12.0 Å². The van der Waals surface area contributed by atoms with Gasteiger partial charge in [0.25, 0.3) is 0 Å². The number of carbonyl (C=O) groups excluding carboxylic acids is 1. The predicted octanol–water partition coefficient (Wildman–Crippen LogP) is 0.212. The highest BCUT2D eigenvalue weighted by atomic mass is 32.2. The molecule has 3 N–H and O–H groups in total. The largest absolute Gasteiger partial charge is 0.476 e. The molecule has 1 atom stereocenters. The van der Waals surface area contributed by atoms with Crippen molar-refractivity contribution in [1.29, 1.82) is 0 Å². The highest BCUT2D eigenvalue weighted by molar-refractivity contribution is 7.94. The van der Waals surface area contributed by atoms with Crippen LogP contribution in [-0.4, -0.2) is 42.3 Å². The van der Waals surface area contributed by atoms with Crippen molar-refractivity contribution >= 4 is 27.5 Å². The average Bonchev–Trinajstić information content (AvgIpc) is 2.68. The van der Waals surface area contributed by atoms with Crippen LogP contribution < -0.4 is 10.6 Å². The van der Waals surface area contributed by atoms with Crippen molar-refractivity contribution in [3.63, 3.8) is 0 Å². The molecule has 0 bridgehead atoms. The SMILES string of the molecule is O=C(Nc1cccnc1C(=O)O)NC1C=CS(=O)(=O)C1. The molecular formula is C11H11N3O5S. The van der Waals surface area contributed by atoms with Crippen molar-refractivity contribution in [2.75, 3.05) is 11.1 Å². The van der Waals surface area contributed by atoms with Crippen LogP contribution in [0.3, 0.4) is 0 Å². The number of carboxylic acids is 1. The van der Waals surface area contributed by atoms with Gasteiger partial charge in [-0.15, -0.1) is 0 Å². The lowest BCUT2D eigenvalue weighted by Crippen LogP contribution is -2.38. The maximum absolute atomic E-state index is 11.7. The molecule has 9 heteroatoms. The van der Waals surface area contributed by atoms with Crippen molar-refractivity contribution in [3.05, 3.63) is 35.5 Å². The minimum absolute atomic E-state index is 0.0299. The van der Waals surface area contributed by atoms with Gasteiger partial charge in [-0.2, -0.15) is 0 Å². The van der Waals surface area contributed by atoms with E-state index in [4.69, 9.17) is 5.11 Å². The Bertz CT molecular complexity index is 683. The number of aromatic carboxylic acids is 1. The molecule has 106 valence electrons. The van der Waals surface area contributed by atoms with Crippen molar-refractivity contribution in [2.24, 2.45) is 0 Å². The van der Waals surface area contributed by atoms with Crippen LogP contribution in [0.15, 0.2) is 29.8 Å². The number of amides is 2. The third-order valence-corrected chi connectivity index (χ3v) is 3.90. The summed E-state index contributed by atoms with van der Waals surface area (Å²) < 4.78 is 22.4. The fourth-order valence-electron chi connectivity index (χ4n) is 1.67. The van der Waals surface area contributed by atoms with E-state index < -0.39 is 27.9 Å². The van der Waals surface area contributed by atoms with E-state index in [1.165, 1.54) is 24.4 Å². The Morgan fingerprint density at radius 3 is 2.75 bits per heavy atom. The zero-order chi connectivity index (χ0) is 14.8. The Labute approximate surface area is 114 Å². The number of rotatable bonds is 3. The Morgan fingerprint density at radius 1 is 1.40 bits per heavy atom. The van der Waals surface area contributed by atoms with Gasteiger partial charge in [0, 0.05) is 11.6 Å². The lowest BCUT2D eigenvalue weighted by molar-refractivity contribution is 0.0691. The smallest absolute Gasteiger partial charge is 0.356 e. The maximum Gasteiger partial charge on any atom is 0.356 e. The van der Waals surface area contributed by atoms with E-state index in [0.29, 0.717) is 0 Å². The molecule has 0 spiro atoms. The number of pyridine rings is 1. The second-order valence-corrected chi connectivity index (χ2v) is 6.00. The Balaban J connectivity index is 2.03. The van der Waals surface area contributed by atoms with Gasteiger partial charge in [0.2, 0.25) is 0 Å². The molecule has 0 fully saturated rings. The summed E-state index contributed by atoms with van der Waals surface area (Å²) in [6.45, 7) is 0. The molecule has 8 nitrogen and oxygen atoms in total. The summed E-state index contributed by atoms with van der Waals surface area (Å²) in [4.78, 5) is 26.2. The molecule has 1 aromatic heterocycles. The zero-order valence-electron chi connectivity index (χ0n) is 10.1. The number of hydrogen-bond donors (Lipinski definition) is 3. The molecule has 0 aromatic carbocycles. The van der Waals surface area contributed by atoms with Crippen molar-refractivity contribution in [2.45, 2.75) is 6.04 Å². The van der Waals surface area contributed by atoms with E-state index in [0.717, 1.165) is 5.41 Å². The Morgan fingerprint density at radius 2 is 2.15 bits per heavy atom. The van der Waals surface area contributed by atoms with E-state index in [-0.39, 0.29) is 17.1 Å². The van der Waals surface area contributed by atoms with Crippen molar-refractivity contribution in [1.82, 2.24) is 10.3 Å². The third kappa shape index (κ3) is 3.32. The molecular weight excluding hydrogens is 286 g/mol. The second-order valence-electron chi connectivity index (χ2n) is 4.07. The van der Waals surface area contributed by atoms with Gasteiger partial charge in [0.05, 0.1) is 17.5 Å². The van der Waals surface area contributed by atoms with Gasteiger partial charge in [0.15, 0.2) is 15.5 Å². The molecule has 1 aliphatic heterocycles. The van der Waals surface area contributed by atoms with E-state index in [1.54, 1.807) is 0 Å². The van der Waals surface area contributed by atoms with Gasteiger partial charge in [-0.1, -0.05) is 0 Å². The number of aromatic nitrogens is 1. The standard InChI is InChI=1S/C11H11N3O5S/c15-10(16)9-8(2-1-4-12-9)14-11(17)13-7-3-5-20(18,19)6-7/h1-5,7H,6H2,(H,15,16)(H2,13,14,17). The molecule has 2 amide bonds. The number of carbonyl (C=O) groups is 2. The molecule has 2 rings (SSSR count). The first kappa shape index (κ1) is 14.0. The van der Waals surface area contributed by atoms with Gasteiger partial charge in [-0.05, 0) is 18.2 Å². The zero-order valence-corrected chi connectivity index (χ0v) is 10.9. The van der Waals surface area contributed by atoms with E-state index >= 15 is 0 Å². The number of nitrogens with zero attached hydrogens (tertiary/aromatic N) is 1. The van der Waals surface area contributed by atoms with Gasteiger partial charge in [-0.25, -0.2) is 23.0 Å². The highest BCUT2D eigenvalue weighted by Crippen LogP contribution is 2.12. The van der Waals surface area contributed by atoms with Gasteiger partial charge in [-0.3, -0.25) is 0 Å². The molecule has 1 unspecified atom stereocenters. The first-order valence-electron chi connectivity index (χ1n) is 5.54. The normalized spacial score (nSPS) is 19.5. The first-order chi connectivity index (χ1) is 9.37. The minimum Gasteiger partial charge on any atom is -0.476 e. The lowest BCUT2D eigenvalue weighted by Gasteiger charge is -2.12. The van der Waals surface area contributed by atoms with Crippen LogP contribution >= 0.6 is 0 Å². The summed E-state index contributed by atoms with van der Waals surface area (Å²) in [7, 11) is -3.27. The number of sulfone groups is 1. The molecule has 0 saturated carbocycles. The summed E-state index contributed by atoms with van der Waals surface area (Å²) in [6, 6.07) is 1.52. The van der Waals surface area contributed by atoms with Crippen LogP contribution in [0.5, 0.6) is 0 Å². The van der Waals surface area contributed by atoms with Crippen LogP contribution in [0.25, 0.3) is 0 Å². The first-order valence-corrected chi connectivity index (χ1v) is 7.26. The van der Waals surface area contributed by atoms with Crippen LogP contribution in [0.2, 0.25) is 0 Å². The molecule has 0 saturated heterocycles. The van der Waals surface area contributed by atoms with Crippen LogP contribution in [0.1, 0.15) is 10.5 Å². The van der Waals surface area contributed by atoms with E-state index in [2.05, 4.69) is 15.6 Å². The molecule has 1 aliphatic rings. The number of urea groups is 1. The topological polar surface area (TPSA) is 125 Å². The molecule has 20 heavy (non-hydrogen) atoms. The van der Waals surface area contributed by atoms with Gasteiger partial charge < -0.3 is 15.7 Å². The van der Waals surface area contributed by atoms with Gasteiger partial charge in [0.1, 0.15) is 0 Å². The average molecular weight is 297 g/mol. The number of nitrogens with one attached hydrogen (secondary N) is 2. The fraction of sp³-hybridized carbons (Fsp3) is 0.182. The molecule has 1 aromatic rings. The maximum atomic E-state index is 11.7. The monoisotopic (exact) mass is 297 g/mol. The number of carboxylic acid groups (broad SMARTS) is 1. The fourth-order valence-corrected chi connectivity index (χ4v) is 2.90. The van der Waals surface area contributed by atoms with E-state index in [1.807, 2.05) is 0 Å². The predicted molar refractivity (Wildman–Crippen MR) is 70.1 cm³/mol. The number of hydrogen-bond acceptors (Lipinski definition) is 5. The summed E-state index contributed by atoms with van der Waals surface area (Å²) in [5, 5.41) is 14.7. The lowest BCUT2D eigenvalue weighted by atomic mass is 10.3. The summed E-state index contributed by atoms with van der Waals surface area (Å²) in [6.07, 6.45) is 2.65. The van der Waals surface area contributed by atoms with Crippen molar-refractivity contribution < 1.29 is 23.1 Å². The third-order valence-electron chi connectivity index (χ3n) is 2.51. The Hall–Kier alpha value is -2.42. The molecule has 0 aliphatic carbocycles. The molecule has 0 radical (unpaired) electrons. The molecule has 2 heterocycles. The number of anilines is 1. The summed E-state index contributed by atoms with van der Waals surface area (Å²) in [5.41, 5.74) is -0.264. The minimum atomic E-state index is -3.27.